The summed E-state index contributed by atoms with van der Waals surface area (Å²) in [7, 11) is 2.08. The predicted molar refractivity (Wildman–Crippen MR) is 81.9 cm³/mol. The third-order valence-corrected chi connectivity index (χ3v) is 5.14. The number of nitrogens with one attached hydrogen (secondary N) is 1. The van der Waals surface area contributed by atoms with Gasteiger partial charge in [-0.25, -0.2) is 0 Å². The molecule has 1 aromatic heterocycles. The average molecular weight is 280 g/mol. The molecule has 2 aliphatic rings. The van der Waals surface area contributed by atoms with Gasteiger partial charge < -0.3 is 10.2 Å². The van der Waals surface area contributed by atoms with E-state index in [2.05, 4.69) is 52.7 Å². The second-order valence-corrected chi connectivity index (χ2v) is 7.34. The Morgan fingerprint density at radius 1 is 1.42 bits per heavy atom. The third-order valence-electron chi connectivity index (χ3n) is 4.00. The molecule has 1 saturated heterocycles. The first kappa shape index (κ1) is 13.3. The van der Waals surface area contributed by atoms with Crippen molar-refractivity contribution < 1.29 is 0 Å². The Morgan fingerprint density at radius 2 is 2.21 bits per heavy atom. The number of anilines is 1. The highest BCUT2D eigenvalue weighted by atomic mass is 32.2. The molecular weight excluding hydrogens is 256 g/mol. The lowest BCUT2D eigenvalue weighted by Gasteiger charge is -2.33. The fourth-order valence-electron chi connectivity index (χ4n) is 2.84. The molecule has 0 bridgehead atoms. The highest BCUT2D eigenvalue weighted by Crippen LogP contribution is 2.29. The molecule has 1 saturated carbocycles. The molecule has 19 heavy (non-hydrogen) atoms. The first-order valence-corrected chi connectivity index (χ1v) is 8.32. The van der Waals surface area contributed by atoms with Crippen molar-refractivity contribution >= 4 is 17.6 Å². The smallest absolute Gasteiger partial charge is 0.131 e. The van der Waals surface area contributed by atoms with Crippen LogP contribution in [0.2, 0.25) is 0 Å². The quantitative estimate of drug-likeness (QED) is 0.913. The third kappa shape index (κ3) is 2.92. The van der Waals surface area contributed by atoms with Gasteiger partial charge in [0.2, 0.25) is 0 Å². The van der Waals surface area contributed by atoms with Crippen LogP contribution >= 0.6 is 11.8 Å². The van der Waals surface area contributed by atoms with Crippen molar-refractivity contribution in [3.05, 3.63) is 11.3 Å². The first-order chi connectivity index (χ1) is 9.15. The number of aromatic nitrogens is 2. The van der Waals surface area contributed by atoms with Crippen molar-refractivity contribution in [2.24, 2.45) is 7.05 Å². The minimum atomic E-state index is 0.716. The van der Waals surface area contributed by atoms with Gasteiger partial charge in [0.1, 0.15) is 5.82 Å². The van der Waals surface area contributed by atoms with Crippen LogP contribution in [0.1, 0.15) is 31.0 Å². The summed E-state index contributed by atoms with van der Waals surface area (Å²) in [6.07, 6.45) is 2.68. The molecule has 1 aliphatic carbocycles. The van der Waals surface area contributed by atoms with Gasteiger partial charge in [-0.1, -0.05) is 6.92 Å². The molecule has 3 rings (SSSR count). The lowest BCUT2D eigenvalue weighted by molar-refractivity contribution is 0.669. The van der Waals surface area contributed by atoms with Crippen molar-refractivity contribution in [3.8, 4) is 0 Å². The van der Waals surface area contributed by atoms with Gasteiger partial charge in [-0.05, 0) is 19.8 Å². The van der Waals surface area contributed by atoms with E-state index in [-0.39, 0.29) is 0 Å². The van der Waals surface area contributed by atoms with Crippen LogP contribution in [-0.2, 0) is 13.6 Å². The molecule has 0 radical (unpaired) electrons. The van der Waals surface area contributed by atoms with Gasteiger partial charge in [-0.3, -0.25) is 4.68 Å². The predicted octanol–water partition coefficient (Wildman–Crippen LogP) is 1.92. The highest BCUT2D eigenvalue weighted by Gasteiger charge is 2.26. The molecule has 1 aliphatic heterocycles. The summed E-state index contributed by atoms with van der Waals surface area (Å²) >= 11 is 2.08. The van der Waals surface area contributed by atoms with Gasteiger partial charge in [-0.2, -0.15) is 16.9 Å². The van der Waals surface area contributed by atoms with Crippen molar-refractivity contribution in [2.45, 2.75) is 44.5 Å². The van der Waals surface area contributed by atoms with Gasteiger partial charge >= 0.3 is 0 Å². The molecule has 2 fully saturated rings. The van der Waals surface area contributed by atoms with Crippen LogP contribution < -0.4 is 10.2 Å². The van der Waals surface area contributed by atoms with E-state index in [1.807, 2.05) is 0 Å². The fraction of sp³-hybridized carbons (Fsp3) is 0.786. The van der Waals surface area contributed by atoms with Crippen LogP contribution in [0, 0.1) is 6.92 Å². The summed E-state index contributed by atoms with van der Waals surface area (Å²) in [4.78, 5) is 2.52. The number of rotatable bonds is 4. The van der Waals surface area contributed by atoms with Crippen molar-refractivity contribution in [2.75, 3.05) is 23.7 Å². The standard InChI is InChI=1S/C14H24N4S/c1-10-9-18(6-7-19-10)14-13(8-15-12-4-5-12)11(2)16-17(14)3/h10,12,15H,4-9H2,1-3H3. The zero-order valence-electron chi connectivity index (χ0n) is 12.1. The van der Waals surface area contributed by atoms with E-state index in [0.717, 1.165) is 25.7 Å². The highest BCUT2D eigenvalue weighted by molar-refractivity contribution is 8.00. The molecular formula is C14H24N4S. The molecule has 106 valence electrons. The summed E-state index contributed by atoms with van der Waals surface area (Å²) in [5.41, 5.74) is 2.57. The lowest BCUT2D eigenvalue weighted by Crippen LogP contribution is -2.38. The molecule has 1 aromatic rings. The molecule has 1 atom stereocenters. The second kappa shape index (κ2) is 5.37. The van der Waals surface area contributed by atoms with Crippen LogP contribution in [0.4, 0.5) is 5.82 Å². The fourth-order valence-corrected chi connectivity index (χ4v) is 3.85. The maximum absolute atomic E-state index is 4.64. The van der Waals surface area contributed by atoms with Crippen LogP contribution in [0.3, 0.4) is 0 Å². The maximum Gasteiger partial charge on any atom is 0.131 e. The Balaban J connectivity index is 1.81. The zero-order chi connectivity index (χ0) is 13.4. The molecule has 0 aromatic carbocycles. The molecule has 2 heterocycles. The Bertz CT molecular complexity index is 453. The summed E-state index contributed by atoms with van der Waals surface area (Å²) in [5.74, 6) is 2.55. The molecule has 1 N–H and O–H groups in total. The van der Waals surface area contributed by atoms with Crippen LogP contribution in [-0.4, -0.2) is 39.9 Å². The number of hydrogen-bond acceptors (Lipinski definition) is 4. The van der Waals surface area contributed by atoms with E-state index in [0.29, 0.717) is 5.25 Å². The number of thioether (sulfide) groups is 1. The second-order valence-electron chi connectivity index (χ2n) is 5.79. The zero-order valence-corrected chi connectivity index (χ0v) is 13.0. The van der Waals surface area contributed by atoms with Crippen molar-refractivity contribution in [3.63, 3.8) is 0 Å². The van der Waals surface area contributed by atoms with Gasteiger partial charge in [-0.15, -0.1) is 0 Å². The monoisotopic (exact) mass is 280 g/mol. The Kier molecular flexibility index (Phi) is 3.76. The minimum Gasteiger partial charge on any atom is -0.355 e. The molecule has 4 nitrogen and oxygen atoms in total. The van der Waals surface area contributed by atoms with Gasteiger partial charge in [0, 0.05) is 49.3 Å². The van der Waals surface area contributed by atoms with Gasteiger partial charge in [0.25, 0.3) is 0 Å². The van der Waals surface area contributed by atoms with E-state index >= 15 is 0 Å². The molecule has 5 heteroatoms. The minimum absolute atomic E-state index is 0.716. The Labute approximate surface area is 119 Å². The van der Waals surface area contributed by atoms with Gasteiger partial charge in [0.15, 0.2) is 0 Å². The van der Waals surface area contributed by atoms with Crippen molar-refractivity contribution in [1.82, 2.24) is 15.1 Å². The summed E-state index contributed by atoms with van der Waals surface area (Å²) in [5, 5.41) is 8.99. The topological polar surface area (TPSA) is 33.1 Å². The summed E-state index contributed by atoms with van der Waals surface area (Å²) < 4.78 is 2.07. The van der Waals surface area contributed by atoms with E-state index in [4.69, 9.17) is 0 Å². The van der Waals surface area contributed by atoms with E-state index in [9.17, 15) is 0 Å². The lowest BCUT2D eigenvalue weighted by atomic mass is 10.2. The SMILES string of the molecule is Cc1nn(C)c(N2CCSC(C)C2)c1CNC1CC1. The number of nitrogens with zero attached hydrogens (tertiary/aromatic N) is 3. The van der Waals surface area contributed by atoms with E-state index < -0.39 is 0 Å². The number of aryl methyl sites for hydroxylation is 2. The van der Waals surface area contributed by atoms with E-state index in [1.165, 1.54) is 35.7 Å². The molecule has 0 amide bonds. The van der Waals surface area contributed by atoms with Crippen LogP contribution in [0.5, 0.6) is 0 Å². The van der Waals surface area contributed by atoms with E-state index in [1.54, 1.807) is 0 Å². The Hall–Kier alpha value is -0.680. The molecule has 1 unspecified atom stereocenters. The first-order valence-electron chi connectivity index (χ1n) is 7.27. The average Bonchev–Trinajstić information content (AvgIpc) is 3.13. The maximum atomic E-state index is 4.64. The number of hydrogen-bond donors (Lipinski definition) is 1. The van der Waals surface area contributed by atoms with Crippen molar-refractivity contribution in [1.29, 1.82) is 0 Å². The largest absolute Gasteiger partial charge is 0.355 e. The van der Waals surface area contributed by atoms with Gasteiger partial charge in [0.05, 0.1) is 5.69 Å². The summed E-state index contributed by atoms with van der Waals surface area (Å²) in [6, 6.07) is 0.753. The Morgan fingerprint density at radius 3 is 2.89 bits per heavy atom. The molecule has 0 spiro atoms. The van der Waals surface area contributed by atoms with Crippen LogP contribution in [0.25, 0.3) is 0 Å². The normalized spacial score (nSPS) is 23.9. The van der Waals surface area contributed by atoms with Crippen LogP contribution in [0.15, 0.2) is 0 Å². The summed E-state index contributed by atoms with van der Waals surface area (Å²) in [6.45, 7) is 7.71.